The normalized spacial score (nSPS) is 10.5. The average molecular weight is 286 g/mol. The highest BCUT2D eigenvalue weighted by molar-refractivity contribution is 5.73. The highest BCUT2D eigenvalue weighted by Gasteiger charge is 2.13. The highest BCUT2D eigenvalue weighted by Crippen LogP contribution is 2.36. The zero-order valence-corrected chi connectivity index (χ0v) is 13.1. The molecule has 4 heteroatoms. The maximum absolute atomic E-state index is 5.44. The van der Waals surface area contributed by atoms with Gasteiger partial charge in [-0.25, -0.2) is 0 Å². The van der Waals surface area contributed by atoms with Crippen molar-refractivity contribution in [2.75, 3.05) is 20.8 Å². The molecule has 112 valence electrons. The Bertz CT molecular complexity index is 612. The van der Waals surface area contributed by atoms with Crippen LogP contribution in [0.3, 0.4) is 0 Å². The van der Waals surface area contributed by atoms with Gasteiger partial charge < -0.3 is 14.8 Å². The largest absolute Gasteiger partial charge is 0.493 e. The Morgan fingerprint density at radius 2 is 1.81 bits per heavy atom. The lowest BCUT2D eigenvalue weighted by Gasteiger charge is -2.16. The summed E-state index contributed by atoms with van der Waals surface area (Å²) >= 11 is 0. The minimum atomic E-state index is 0.740. The van der Waals surface area contributed by atoms with E-state index in [2.05, 4.69) is 24.1 Å². The summed E-state index contributed by atoms with van der Waals surface area (Å²) in [4.78, 5) is 4.17. The van der Waals surface area contributed by atoms with Gasteiger partial charge in [0.1, 0.15) is 0 Å². The van der Waals surface area contributed by atoms with Crippen molar-refractivity contribution >= 4 is 0 Å². The molecule has 0 bridgehead atoms. The lowest BCUT2D eigenvalue weighted by molar-refractivity contribution is 0.354. The Balaban J connectivity index is 2.58. The summed E-state index contributed by atoms with van der Waals surface area (Å²) in [6.45, 7) is 5.87. The van der Waals surface area contributed by atoms with Gasteiger partial charge in [0.05, 0.1) is 14.2 Å². The van der Waals surface area contributed by atoms with Crippen molar-refractivity contribution in [3.63, 3.8) is 0 Å². The van der Waals surface area contributed by atoms with Crippen LogP contribution in [-0.4, -0.2) is 25.7 Å². The van der Waals surface area contributed by atoms with E-state index in [1.54, 1.807) is 14.2 Å². The van der Waals surface area contributed by atoms with Crippen molar-refractivity contribution in [2.45, 2.75) is 20.4 Å². The number of ether oxygens (including phenoxy) is 2. The predicted molar refractivity (Wildman–Crippen MR) is 84.9 cm³/mol. The third kappa shape index (κ3) is 3.34. The molecule has 4 nitrogen and oxygen atoms in total. The predicted octanol–water partition coefficient (Wildman–Crippen LogP) is 3.18. The minimum absolute atomic E-state index is 0.740. The van der Waals surface area contributed by atoms with Gasteiger partial charge in [-0.2, -0.15) is 0 Å². The molecule has 0 amide bonds. The van der Waals surface area contributed by atoms with Crippen molar-refractivity contribution in [3.05, 3.63) is 41.7 Å². The van der Waals surface area contributed by atoms with Crippen molar-refractivity contribution in [1.29, 1.82) is 0 Å². The number of aryl methyl sites for hydroxylation is 1. The van der Waals surface area contributed by atoms with Crippen LogP contribution < -0.4 is 14.8 Å². The van der Waals surface area contributed by atoms with Gasteiger partial charge in [0.25, 0.3) is 0 Å². The van der Waals surface area contributed by atoms with E-state index in [-0.39, 0.29) is 0 Å². The number of nitrogens with one attached hydrogen (secondary N) is 1. The van der Waals surface area contributed by atoms with Crippen LogP contribution in [0.2, 0.25) is 0 Å². The number of hydrogen-bond donors (Lipinski definition) is 1. The number of methoxy groups -OCH3 is 2. The second-order valence-corrected chi connectivity index (χ2v) is 4.84. The second kappa shape index (κ2) is 7.09. The van der Waals surface area contributed by atoms with Gasteiger partial charge in [-0.15, -0.1) is 0 Å². The molecule has 1 heterocycles. The van der Waals surface area contributed by atoms with Gasteiger partial charge in [0.15, 0.2) is 11.5 Å². The molecule has 0 atom stereocenters. The molecule has 1 aromatic heterocycles. The van der Waals surface area contributed by atoms with Gasteiger partial charge in [-0.3, -0.25) is 4.98 Å². The molecule has 0 aliphatic carbocycles. The fraction of sp³-hybridized carbons (Fsp3) is 0.353. The van der Waals surface area contributed by atoms with Crippen molar-refractivity contribution in [3.8, 4) is 22.6 Å². The Kier molecular flexibility index (Phi) is 5.17. The van der Waals surface area contributed by atoms with Crippen LogP contribution in [0, 0.1) is 6.92 Å². The average Bonchev–Trinajstić information content (AvgIpc) is 2.52. The van der Waals surface area contributed by atoms with Gasteiger partial charge >= 0.3 is 0 Å². The van der Waals surface area contributed by atoms with E-state index in [4.69, 9.17) is 9.47 Å². The Labute approximate surface area is 126 Å². The molecule has 2 rings (SSSR count). The molecule has 1 aromatic carbocycles. The zero-order valence-electron chi connectivity index (χ0n) is 13.1. The molecule has 0 aliphatic heterocycles. The summed E-state index contributed by atoms with van der Waals surface area (Å²) in [6, 6.07) is 6.11. The fourth-order valence-electron chi connectivity index (χ4n) is 2.35. The Morgan fingerprint density at radius 3 is 2.43 bits per heavy atom. The number of aromatic nitrogens is 1. The fourth-order valence-corrected chi connectivity index (χ4v) is 2.35. The van der Waals surface area contributed by atoms with E-state index in [1.807, 2.05) is 30.6 Å². The van der Waals surface area contributed by atoms with Crippen LogP contribution in [0.25, 0.3) is 11.1 Å². The Morgan fingerprint density at radius 1 is 1.10 bits per heavy atom. The van der Waals surface area contributed by atoms with Crippen molar-refractivity contribution < 1.29 is 9.47 Å². The maximum atomic E-state index is 5.44. The SMILES string of the molecule is CCNCc1cc(OC)c(OC)cc1-c1ccncc1C. The molecule has 0 saturated carbocycles. The van der Waals surface area contributed by atoms with E-state index < -0.39 is 0 Å². The number of hydrogen-bond acceptors (Lipinski definition) is 4. The van der Waals surface area contributed by atoms with Gasteiger partial charge in [0, 0.05) is 18.9 Å². The first kappa shape index (κ1) is 15.3. The van der Waals surface area contributed by atoms with Crippen LogP contribution in [0.1, 0.15) is 18.1 Å². The number of pyridine rings is 1. The monoisotopic (exact) mass is 286 g/mol. The topological polar surface area (TPSA) is 43.4 Å². The lowest BCUT2D eigenvalue weighted by atomic mass is 9.96. The van der Waals surface area contributed by atoms with Crippen LogP contribution in [0.5, 0.6) is 11.5 Å². The molecule has 0 aliphatic rings. The van der Waals surface area contributed by atoms with Crippen LogP contribution >= 0.6 is 0 Å². The summed E-state index contributed by atoms with van der Waals surface area (Å²) < 4.78 is 10.8. The zero-order chi connectivity index (χ0) is 15.2. The van der Waals surface area contributed by atoms with Gasteiger partial charge in [-0.1, -0.05) is 6.92 Å². The first-order valence-electron chi connectivity index (χ1n) is 7.07. The van der Waals surface area contributed by atoms with Crippen LogP contribution in [0.15, 0.2) is 30.6 Å². The molecular formula is C17H22N2O2. The maximum Gasteiger partial charge on any atom is 0.161 e. The van der Waals surface area contributed by atoms with Gasteiger partial charge in [-0.05, 0) is 53.9 Å². The third-order valence-electron chi connectivity index (χ3n) is 3.49. The minimum Gasteiger partial charge on any atom is -0.493 e. The summed E-state index contributed by atoms with van der Waals surface area (Å²) in [5, 5.41) is 3.37. The number of nitrogens with zero attached hydrogens (tertiary/aromatic N) is 1. The molecule has 0 saturated heterocycles. The van der Waals surface area contributed by atoms with E-state index in [0.717, 1.165) is 35.7 Å². The quantitative estimate of drug-likeness (QED) is 0.885. The summed E-state index contributed by atoms with van der Waals surface area (Å²) in [7, 11) is 3.32. The van der Waals surface area contributed by atoms with Crippen molar-refractivity contribution in [1.82, 2.24) is 10.3 Å². The molecule has 1 N–H and O–H groups in total. The van der Waals surface area contributed by atoms with Crippen LogP contribution in [-0.2, 0) is 6.54 Å². The number of rotatable bonds is 6. The molecule has 0 spiro atoms. The Hall–Kier alpha value is -2.07. The van der Waals surface area contributed by atoms with E-state index in [1.165, 1.54) is 11.1 Å². The first-order valence-corrected chi connectivity index (χ1v) is 7.07. The van der Waals surface area contributed by atoms with Gasteiger partial charge in [0.2, 0.25) is 0 Å². The molecule has 2 aromatic rings. The van der Waals surface area contributed by atoms with Crippen LogP contribution in [0.4, 0.5) is 0 Å². The highest BCUT2D eigenvalue weighted by atomic mass is 16.5. The lowest BCUT2D eigenvalue weighted by Crippen LogP contribution is -2.13. The molecular weight excluding hydrogens is 264 g/mol. The molecule has 21 heavy (non-hydrogen) atoms. The molecule has 0 fully saturated rings. The van der Waals surface area contributed by atoms with Crippen molar-refractivity contribution in [2.24, 2.45) is 0 Å². The summed E-state index contributed by atoms with van der Waals surface area (Å²) in [5.41, 5.74) is 4.64. The molecule has 0 radical (unpaired) electrons. The summed E-state index contributed by atoms with van der Waals surface area (Å²) in [5.74, 6) is 1.49. The smallest absolute Gasteiger partial charge is 0.161 e. The summed E-state index contributed by atoms with van der Waals surface area (Å²) in [6.07, 6.45) is 3.69. The van der Waals surface area contributed by atoms with E-state index >= 15 is 0 Å². The molecule has 0 unspecified atom stereocenters. The van der Waals surface area contributed by atoms with E-state index in [9.17, 15) is 0 Å². The second-order valence-electron chi connectivity index (χ2n) is 4.84. The third-order valence-corrected chi connectivity index (χ3v) is 3.49. The standard InChI is InChI=1S/C17H22N2O2/c1-5-18-11-13-8-16(20-3)17(21-4)9-15(13)14-6-7-19-10-12(14)2/h6-10,18H,5,11H2,1-4H3. The van der Waals surface area contributed by atoms with E-state index in [0.29, 0.717) is 0 Å². The number of benzene rings is 1. The first-order chi connectivity index (χ1) is 10.2.